The highest BCUT2D eigenvalue weighted by Gasteiger charge is 2.28. The van der Waals surface area contributed by atoms with Crippen molar-refractivity contribution in [1.82, 2.24) is 20.2 Å². The Morgan fingerprint density at radius 3 is 2.18 bits per heavy atom. The molecule has 2 heterocycles. The van der Waals surface area contributed by atoms with Crippen LogP contribution in [0.3, 0.4) is 0 Å². The lowest BCUT2D eigenvalue weighted by Gasteiger charge is -2.18. The summed E-state index contributed by atoms with van der Waals surface area (Å²) in [6, 6.07) is 19.1. The molecule has 0 spiro atoms. The van der Waals surface area contributed by atoms with E-state index in [4.69, 9.17) is 9.47 Å². The molecular formula is C25H24N4O4. The van der Waals surface area contributed by atoms with Crippen molar-refractivity contribution in [2.45, 2.75) is 13.8 Å². The number of carboxylic acids is 1. The number of ether oxygens (including phenoxy) is 2. The molecule has 0 atom stereocenters. The number of nitrogens with zero attached hydrogens (tertiary/aromatic N) is 3. The van der Waals surface area contributed by atoms with Crippen LogP contribution in [0.4, 0.5) is 0 Å². The SMILES string of the molecule is COc1ccc(-c2n[nH]c(-c3ccc(-c4ccc(OCC(C)(C)C(=O)O)nc4)cc3)n2)cc1. The minimum atomic E-state index is -0.982. The molecule has 4 rings (SSSR count). The van der Waals surface area contributed by atoms with Crippen molar-refractivity contribution in [3.05, 3.63) is 66.9 Å². The quantitative estimate of drug-likeness (QED) is 0.405. The van der Waals surface area contributed by atoms with Gasteiger partial charge in [0, 0.05) is 29.0 Å². The highest BCUT2D eigenvalue weighted by Crippen LogP contribution is 2.26. The average Bonchev–Trinajstić information content (AvgIpc) is 3.34. The second-order valence-electron chi connectivity index (χ2n) is 8.18. The molecule has 0 fully saturated rings. The number of carbonyl (C=O) groups is 1. The predicted molar refractivity (Wildman–Crippen MR) is 124 cm³/mol. The Kier molecular flexibility index (Phi) is 6.08. The summed E-state index contributed by atoms with van der Waals surface area (Å²) in [5.41, 5.74) is 2.73. The van der Waals surface area contributed by atoms with Crippen LogP contribution < -0.4 is 9.47 Å². The molecule has 0 saturated carbocycles. The number of hydrogen-bond acceptors (Lipinski definition) is 6. The maximum absolute atomic E-state index is 11.2. The molecular weight excluding hydrogens is 420 g/mol. The van der Waals surface area contributed by atoms with Crippen LogP contribution in [0.15, 0.2) is 66.9 Å². The van der Waals surface area contributed by atoms with Gasteiger partial charge in [0.05, 0.1) is 12.5 Å². The van der Waals surface area contributed by atoms with Crippen LogP contribution in [0.25, 0.3) is 33.9 Å². The number of aromatic amines is 1. The Morgan fingerprint density at radius 2 is 1.58 bits per heavy atom. The zero-order valence-electron chi connectivity index (χ0n) is 18.6. The normalized spacial score (nSPS) is 11.2. The number of pyridine rings is 1. The van der Waals surface area contributed by atoms with Crippen molar-refractivity contribution >= 4 is 5.97 Å². The number of nitrogens with one attached hydrogen (secondary N) is 1. The van der Waals surface area contributed by atoms with Crippen molar-refractivity contribution in [2.24, 2.45) is 5.41 Å². The summed E-state index contributed by atoms with van der Waals surface area (Å²) in [6.07, 6.45) is 1.70. The van der Waals surface area contributed by atoms with Gasteiger partial charge < -0.3 is 14.6 Å². The monoisotopic (exact) mass is 444 g/mol. The van der Waals surface area contributed by atoms with Crippen molar-refractivity contribution in [2.75, 3.05) is 13.7 Å². The van der Waals surface area contributed by atoms with E-state index in [0.717, 1.165) is 28.0 Å². The van der Waals surface area contributed by atoms with Gasteiger partial charge in [0.1, 0.15) is 12.4 Å². The van der Waals surface area contributed by atoms with Crippen LogP contribution >= 0.6 is 0 Å². The van der Waals surface area contributed by atoms with E-state index in [0.29, 0.717) is 17.5 Å². The summed E-state index contributed by atoms with van der Waals surface area (Å²) >= 11 is 0. The maximum atomic E-state index is 11.2. The second kappa shape index (κ2) is 9.12. The lowest BCUT2D eigenvalue weighted by molar-refractivity contribution is -0.148. The maximum Gasteiger partial charge on any atom is 0.312 e. The smallest absolute Gasteiger partial charge is 0.312 e. The first-order valence-corrected chi connectivity index (χ1v) is 10.4. The summed E-state index contributed by atoms with van der Waals surface area (Å²) in [6.45, 7) is 3.26. The molecule has 2 aromatic carbocycles. The third-order valence-corrected chi connectivity index (χ3v) is 5.22. The Hall–Kier alpha value is -4.20. The van der Waals surface area contributed by atoms with E-state index in [9.17, 15) is 9.90 Å². The molecule has 8 heteroatoms. The predicted octanol–water partition coefficient (Wildman–Crippen LogP) is 4.70. The third-order valence-electron chi connectivity index (χ3n) is 5.22. The molecule has 0 amide bonds. The lowest BCUT2D eigenvalue weighted by Crippen LogP contribution is -2.30. The van der Waals surface area contributed by atoms with E-state index in [2.05, 4.69) is 20.2 Å². The molecule has 2 N–H and O–H groups in total. The minimum Gasteiger partial charge on any atom is -0.497 e. The fourth-order valence-corrected chi connectivity index (χ4v) is 3.03. The molecule has 4 aromatic rings. The van der Waals surface area contributed by atoms with Gasteiger partial charge >= 0.3 is 5.97 Å². The van der Waals surface area contributed by atoms with Gasteiger partial charge in [-0.1, -0.05) is 24.3 Å². The number of H-pyrrole nitrogens is 1. The number of methoxy groups -OCH3 is 1. The Morgan fingerprint density at radius 1 is 0.939 bits per heavy atom. The van der Waals surface area contributed by atoms with E-state index in [1.54, 1.807) is 33.2 Å². The van der Waals surface area contributed by atoms with Crippen LogP contribution in [0.5, 0.6) is 11.6 Å². The van der Waals surface area contributed by atoms with Gasteiger partial charge in [-0.25, -0.2) is 9.97 Å². The van der Waals surface area contributed by atoms with Crippen molar-refractivity contribution in [1.29, 1.82) is 0 Å². The van der Waals surface area contributed by atoms with Gasteiger partial charge in [-0.15, -0.1) is 0 Å². The number of aromatic nitrogens is 4. The molecule has 0 aliphatic heterocycles. The topological polar surface area (TPSA) is 110 Å². The fraction of sp³-hybridized carbons (Fsp3) is 0.200. The zero-order chi connectivity index (χ0) is 23.4. The van der Waals surface area contributed by atoms with Crippen LogP contribution in [0, 0.1) is 5.41 Å². The lowest BCUT2D eigenvalue weighted by atomic mass is 9.95. The van der Waals surface area contributed by atoms with Crippen LogP contribution in [-0.4, -0.2) is 45.0 Å². The van der Waals surface area contributed by atoms with Gasteiger partial charge in [0.2, 0.25) is 5.88 Å². The molecule has 8 nitrogen and oxygen atoms in total. The Labute approximate surface area is 191 Å². The molecule has 168 valence electrons. The van der Waals surface area contributed by atoms with Crippen LogP contribution in [0.2, 0.25) is 0 Å². The molecule has 0 aliphatic rings. The van der Waals surface area contributed by atoms with Crippen molar-refractivity contribution < 1.29 is 19.4 Å². The van der Waals surface area contributed by atoms with Crippen molar-refractivity contribution in [3.8, 4) is 45.5 Å². The second-order valence-corrected chi connectivity index (χ2v) is 8.18. The average molecular weight is 444 g/mol. The van der Waals surface area contributed by atoms with E-state index < -0.39 is 11.4 Å². The molecule has 0 radical (unpaired) electrons. The van der Waals surface area contributed by atoms with Crippen LogP contribution in [-0.2, 0) is 4.79 Å². The van der Waals surface area contributed by atoms with Gasteiger partial charge in [-0.2, -0.15) is 5.10 Å². The number of hydrogen-bond donors (Lipinski definition) is 2. The summed E-state index contributed by atoms with van der Waals surface area (Å²) in [5.74, 6) is 1.54. The van der Waals surface area contributed by atoms with Crippen LogP contribution in [0.1, 0.15) is 13.8 Å². The van der Waals surface area contributed by atoms with E-state index in [1.807, 2.05) is 54.6 Å². The first kappa shape index (κ1) is 22.0. The van der Waals surface area contributed by atoms with E-state index in [1.165, 1.54) is 0 Å². The molecule has 0 saturated heterocycles. The van der Waals surface area contributed by atoms with E-state index in [-0.39, 0.29) is 6.61 Å². The summed E-state index contributed by atoms with van der Waals surface area (Å²) < 4.78 is 10.7. The number of rotatable bonds is 8. The first-order chi connectivity index (χ1) is 15.9. The van der Waals surface area contributed by atoms with Crippen molar-refractivity contribution in [3.63, 3.8) is 0 Å². The van der Waals surface area contributed by atoms with Gasteiger partial charge in [-0.3, -0.25) is 9.89 Å². The highest BCUT2D eigenvalue weighted by atomic mass is 16.5. The molecule has 2 aromatic heterocycles. The van der Waals surface area contributed by atoms with Gasteiger partial charge in [0.25, 0.3) is 0 Å². The number of aliphatic carboxylic acids is 1. The molecule has 33 heavy (non-hydrogen) atoms. The summed E-state index contributed by atoms with van der Waals surface area (Å²) in [4.78, 5) is 20.1. The molecule has 0 bridgehead atoms. The largest absolute Gasteiger partial charge is 0.497 e. The van der Waals surface area contributed by atoms with Gasteiger partial charge in [-0.05, 0) is 49.7 Å². The zero-order valence-corrected chi connectivity index (χ0v) is 18.6. The Bertz CT molecular complexity index is 1230. The fourth-order valence-electron chi connectivity index (χ4n) is 3.03. The molecule has 0 aliphatic carbocycles. The highest BCUT2D eigenvalue weighted by molar-refractivity contribution is 5.73. The standard InChI is InChI=1S/C25H24N4O4/c1-25(2,24(30)31)15-33-21-13-10-19(14-26-21)16-4-6-17(7-5-16)22-27-23(29-28-22)18-8-11-20(32-3)12-9-18/h4-14H,15H2,1-3H3,(H,30,31)(H,27,28,29). The van der Waals surface area contributed by atoms with E-state index >= 15 is 0 Å². The molecule has 0 unspecified atom stereocenters. The number of carboxylic acid groups (broad SMARTS) is 1. The van der Waals surface area contributed by atoms with Gasteiger partial charge in [0.15, 0.2) is 11.6 Å². The first-order valence-electron chi connectivity index (χ1n) is 10.4. The third kappa shape index (κ3) is 5.01. The minimum absolute atomic E-state index is 0.0407. The number of benzene rings is 2. The summed E-state index contributed by atoms with van der Waals surface area (Å²) in [5, 5.41) is 16.5. The summed E-state index contributed by atoms with van der Waals surface area (Å²) in [7, 11) is 1.63. The Balaban J connectivity index is 1.44.